The number of anilines is 1. The van der Waals surface area contributed by atoms with Crippen molar-refractivity contribution in [3.63, 3.8) is 0 Å². The number of aliphatic hydroxyl groups excluding tert-OH is 1. The third kappa shape index (κ3) is 4.10. The number of aromatic nitrogens is 1. The van der Waals surface area contributed by atoms with Crippen molar-refractivity contribution in [3.05, 3.63) is 53.9 Å². The van der Waals surface area contributed by atoms with Gasteiger partial charge >= 0.3 is 6.03 Å². The smallest absolute Gasteiger partial charge is 0.319 e. The minimum atomic E-state index is -0.580. The minimum Gasteiger partial charge on any atom is -0.387 e. The van der Waals surface area contributed by atoms with Crippen LogP contribution in [-0.2, 0) is 7.05 Å². The van der Waals surface area contributed by atoms with Gasteiger partial charge in [0.15, 0.2) is 0 Å². The zero-order valence-corrected chi connectivity index (χ0v) is 12.3. The van der Waals surface area contributed by atoms with Crippen molar-refractivity contribution in [1.82, 2.24) is 9.88 Å². The van der Waals surface area contributed by atoms with Gasteiger partial charge in [0.2, 0.25) is 0 Å². The van der Waals surface area contributed by atoms with Gasteiger partial charge in [-0.2, -0.15) is 0 Å². The van der Waals surface area contributed by atoms with Gasteiger partial charge in [-0.25, -0.2) is 4.79 Å². The number of hydrogen-bond acceptors (Lipinski definition) is 2. The van der Waals surface area contributed by atoms with E-state index in [1.54, 1.807) is 0 Å². The lowest BCUT2D eigenvalue weighted by Gasteiger charge is -2.13. The van der Waals surface area contributed by atoms with Crippen molar-refractivity contribution in [3.8, 4) is 0 Å². The minimum absolute atomic E-state index is 0.261. The number of nitrogens with one attached hydrogen (secondary N) is 2. The van der Waals surface area contributed by atoms with Gasteiger partial charge in [0.05, 0.1) is 6.10 Å². The van der Waals surface area contributed by atoms with E-state index in [9.17, 15) is 9.90 Å². The summed E-state index contributed by atoms with van der Waals surface area (Å²) in [5.74, 6) is 0. The number of amides is 2. The molecule has 0 radical (unpaired) electrons. The van der Waals surface area contributed by atoms with Crippen molar-refractivity contribution >= 4 is 11.7 Å². The fourth-order valence-corrected chi connectivity index (χ4v) is 2.17. The number of carbonyl (C=O) groups excluding carboxylic acids is 1. The molecule has 5 nitrogen and oxygen atoms in total. The Kier molecular flexibility index (Phi) is 5.00. The standard InChI is InChI=1S/C16H21N3O2/c1-12-6-3-4-7-13(12)18-16(21)17-10-9-15(20)14-8-5-11-19(14)2/h3-8,11,15,20H,9-10H2,1-2H3,(H2,17,18,21). The molecule has 0 fully saturated rings. The van der Waals surface area contributed by atoms with E-state index in [1.807, 2.05) is 61.1 Å². The van der Waals surface area contributed by atoms with Crippen molar-refractivity contribution in [2.75, 3.05) is 11.9 Å². The Morgan fingerprint density at radius 2 is 2.05 bits per heavy atom. The summed E-state index contributed by atoms with van der Waals surface area (Å²) >= 11 is 0. The van der Waals surface area contributed by atoms with Crippen LogP contribution in [0.15, 0.2) is 42.6 Å². The van der Waals surface area contributed by atoms with Gasteiger partial charge in [0.25, 0.3) is 0 Å². The topological polar surface area (TPSA) is 66.3 Å². The Morgan fingerprint density at radius 1 is 1.29 bits per heavy atom. The van der Waals surface area contributed by atoms with Gasteiger partial charge in [-0.15, -0.1) is 0 Å². The number of carbonyl (C=O) groups is 1. The summed E-state index contributed by atoms with van der Waals surface area (Å²) in [5.41, 5.74) is 2.64. The van der Waals surface area contributed by atoms with Gasteiger partial charge < -0.3 is 20.3 Å². The second-order valence-electron chi connectivity index (χ2n) is 5.04. The first-order chi connectivity index (χ1) is 10.1. The summed E-state index contributed by atoms with van der Waals surface area (Å²) in [6, 6.07) is 11.1. The molecule has 0 saturated carbocycles. The molecule has 1 unspecified atom stereocenters. The number of aryl methyl sites for hydroxylation is 2. The van der Waals surface area contributed by atoms with E-state index in [-0.39, 0.29) is 6.03 Å². The zero-order valence-electron chi connectivity index (χ0n) is 12.3. The zero-order chi connectivity index (χ0) is 15.2. The number of nitrogens with zero attached hydrogens (tertiary/aromatic N) is 1. The average Bonchev–Trinajstić information content (AvgIpc) is 2.87. The Hall–Kier alpha value is -2.27. The quantitative estimate of drug-likeness (QED) is 0.791. The summed E-state index contributed by atoms with van der Waals surface area (Å²) in [6.07, 6.45) is 1.78. The lowest BCUT2D eigenvalue weighted by molar-refractivity contribution is 0.159. The number of rotatable bonds is 5. The molecular weight excluding hydrogens is 266 g/mol. The third-order valence-electron chi connectivity index (χ3n) is 3.42. The maximum atomic E-state index is 11.8. The molecule has 2 aromatic rings. The molecule has 0 aliphatic heterocycles. The predicted molar refractivity (Wildman–Crippen MR) is 83.2 cm³/mol. The van der Waals surface area contributed by atoms with Crippen LogP contribution in [0.4, 0.5) is 10.5 Å². The van der Waals surface area contributed by atoms with Crippen molar-refractivity contribution in [2.45, 2.75) is 19.4 Å². The van der Waals surface area contributed by atoms with Crippen LogP contribution in [-0.4, -0.2) is 22.2 Å². The molecule has 21 heavy (non-hydrogen) atoms. The molecule has 112 valence electrons. The van der Waals surface area contributed by atoms with Gasteiger partial charge in [-0.05, 0) is 37.1 Å². The molecule has 0 saturated heterocycles. The highest BCUT2D eigenvalue weighted by molar-refractivity contribution is 5.89. The number of benzene rings is 1. The molecule has 2 rings (SSSR count). The lowest BCUT2D eigenvalue weighted by atomic mass is 10.2. The average molecular weight is 287 g/mol. The van der Waals surface area contributed by atoms with Crippen LogP contribution in [0, 0.1) is 6.92 Å². The van der Waals surface area contributed by atoms with Crippen molar-refractivity contribution in [2.24, 2.45) is 7.05 Å². The van der Waals surface area contributed by atoms with Gasteiger partial charge in [-0.1, -0.05) is 18.2 Å². The summed E-state index contributed by atoms with van der Waals surface area (Å²) < 4.78 is 1.87. The number of aliphatic hydroxyl groups is 1. The first kappa shape index (κ1) is 15.1. The van der Waals surface area contributed by atoms with E-state index in [4.69, 9.17) is 0 Å². The van der Waals surface area contributed by atoms with E-state index in [1.165, 1.54) is 0 Å². The first-order valence-electron chi connectivity index (χ1n) is 6.97. The summed E-state index contributed by atoms with van der Waals surface area (Å²) in [4.78, 5) is 11.8. The Morgan fingerprint density at radius 3 is 2.71 bits per heavy atom. The largest absolute Gasteiger partial charge is 0.387 e. The highest BCUT2D eigenvalue weighted by Crippen LogP contribution is 2.16. The lowest BCUT2D eigenvalue weighted by Crippen LogP contribution is -2.30. The van der Waals surface area contributed by atoms with Gasteiger partial charge in [-0.3, -0.25) is 0 Å². The molecule has 5 heteroatoms. The maximum absolute atomic E-state index is 11.8. The number of urea groups is 1. The Labute approximate surface area is 124 Å². The molecule has 1 aromatic heterocycles. The predicted octanol–water partition coefficient (Wildman–Crippen LogP) is 2.58. The van der Waals surface area contributed by atoms with Gasteiger partial charge in [0.1, 0.15) is 0 Å². The summed E-state index contributed by atoms with van der Waals surface area (Å²) in [5, 5.41) is 15.6. The molecule has 0 aliphatic rings. The molecule has 1 atom stereocenters. The Bertz CT molecular complexity index is 607. The fraction of sp³-hybridized carbons (Fsp3) is 0.312. The maximum Gasteiger partial charge on any atom is 0.319 e. The van der Waals surface area contributed by atoms with E-state index in [0.29, 0.717) is 13.0 Å². The molecular formula is C16H21N3O2. The molecule has 1 heterocycles. The second kappa shape index (κ2) is 6.95. The molecule has 0 bridgehead atoms. The summed E-state index contributed by atoms with van der Waals surface area (Å²) in [6.45, 7) is 2.35. The normalized spacial score (nSPS) is 12.0. The molecule has 2 amide bonds. The number of para-hydroxylation sites is 1. The van der Waals surface area contributed by atoms with Crippen LogP contribution in [0.3, 0.4) is 0 Å². The van der Waals surface area contributed by atoms with E-state index < -0.39 is 6.10 Å². The van der Waals surface area contributed by atoms with Crippen LogP contribution in [0.5, 0.6) is 0 Å². The number of hydrogen-bond donors (Lipinski definition) is 3. The second-order valence-corrected chi connectivity index (χ2v) is 5.04. The molecule has 3 N–H and O–H groups in total. The van der Waals surface area contributed by atoms with Crippen LogP contribution < -0.4 is 10.6 Å². The molecule has 1 aromatic carbocycles. The van der Waals surface area contributed by atoms with Crippen molar-refractivity contribution < 1.29 is 9.90 Å². The highest BCUT2D eigenvalue weighted by Gasteiger charge is 2.11. The Balaban J connectivity index is 1.77. The molecule has 0 aliphatic carbocycles. The monoisotopic (exact) mass is 287 g/mol. The third-order valence-corrected chi connectivity index (χ3v) is 3.42. The van der Waals surface area contributed by atoms with Crippen LogP contribution in [0.2, 0.25) is 0 Å². The highest BCUT2D eigenvalue weighted by atomic mass is 16.3. The fourth-order valence-electron chi connectivity index (χ4n) is 2.17. The summed E-state index contributed by atoms with van der Waals surface area (Å²) in [7, 11) is 1.89. The van der Waals surface area contributed by atoms with Crippen molar-refractivity contribution in [1.29, 1.82) is 0 Å². The molecule has 0 spiro atoms. The van der Waals surface area contributed by atoms with E-state index >= 15 is 0 Å². The first-order valence-corrected chi connectivity index (χ1v) is 6.97. The SMILES string of the molecule is Cc1ccccc1NC(=O)NCCC(O)c1cccn1C. The van der Waals surface area contributed by atoms with Crippen LogP contribution in [0.1, 0.15) is 23.8 Å². The van der Waals surface area contributed by atoms with Gasteiger partial charge in [0, 0.05) is 31.2 Å². The van der Waals surface area contributed by atoms with Crippen LogP contribution in [0.25, 0.3) is 0 Å². The van der Waals surface area contributed by atoms with E-state index in [0.717, 1.165) is 16.9 Å². The van der Waals surface area contributed by atoms with Crippen LogP contribution >= 0.6 is 0 Å². The van der Waals surface area contributed by atoms with E-state index in [2.05, 4.69) is 10.6 Å².